The van der Waals surface area contributed by atoms with E-state index in [1.807, 2.05) is 17.0 Å². The molecule has 2 amide bonds. The van der Waals surface area contributed by atoms with Gasteiger partial charge in [-0.3, -0.25) is 9.59 Å². The predicted octanol–water partition coefficient (Wildman–Crippen LogP) is 3.88. The van der Waals surface area contributed by atoms with Crippen molar-refractivity contribution in [1.29, 1.82) is 0 Å². The molecule has 0 radical (unpaired) electrons. The van der Waals surface area contributed by atoms with E-state index in [0.717, 1.165) is 62.9 Å². The van der Waals surface area contributed by atoms with Crippen LogP contribution >= 0.6 is 0 Å². The summed E-state index contributed by atoms with van der Waals surface area (Å²) in [6.45, 7) is 4.56. The molecule has 1 aliphatic carbocycles. The Labute approximate surface area is 184 Å². The maximum atomic E-state index is 13.1. The van der Waals surface area contributed by atoms with Crippen LogP contribution in [0.1, 0.15) is 54.0 Å². The Bertz CT molecular complexity index is 975. The van der Waals surface area contributed by atoms with Crippen molar-refractivity contribution in [2.45, 2.75) is 45.1 Å². The number of fused-ring (bicyclic) bond motifs is 1. The van der Waals surface area contributed by atoms with Crippen LogP contribution in [0, 0.1) is 12.8 Å². The molecule has 162 valence electrons. The maximum absolute atomic E-state index is 13.1. The highest BCUT2D eigenvalue weighted by Crippen LogP contribution is 2.41. The Morgan fingerprint density at radius 2 is 1.74 bits per heavy atom. The second kappa shape index (κ2) is 8.37. The van der Waals surface area contributed by atoms with Crippen LogP contribution in [-0.2, 0) is 16.0 Å². The van der Waals surface area contributed by atoms with Gasteiger partial charge in [0.1, 0.15) is 5.75 Å². The van der Waals surface area contributed by atoms with Crippen molar-refractivity contribution in [3.8, 4) is 5.75 Å². The van der Waals surface area contributed by atoms with Crippen LogP contribution in [0.3, 0.4) is 0 Å². The summed E-state index contributed by atoms with van der Waals surface area (Å²) >= 11 is 0. The smallest absolute Gasteiger partial charge is 0.260 e. The van der Waals surface area contributed by atoms with E-state index in [9.17, 15) is 9.59 Å². The van der Waals surface area contributed by atoms with Crippen molar-refractivity contribution in [3.63, 3.8) is 0 Å². The number of carbonyl (C=O) groups excluding carboxylic acids is 2. The van der Waals surface area contributed by atoms with E-state index in [-0.39, 0.29) is 30.4 Å². The summed E-state index contributed by atoms with van der Waals surface area (Å²) in [7, 11) is 0. The molecule has 1 saturated carbocycles. The highest BCUT2D eigenvalue weighted by molar-refractivity contribution is 5.82. The summed E-state index contributed by atoms with van der Waals surface area (Å²) in [6.07, 6.45) is 5.01. The van der Waals surface area contributed by atoms with Gasteiger partial charge in [0.15, 0.2) is 6.61 Å². The first-order valence-electron chi connectivity index (χ1n) is 11.5. The molecule has 2 aromatic carbocycles. The monoisotopic (exact) mass is 418 g/mol. The molecule has 2 aromatic rings. The van der Waals surface area contributed by atoms with Crippen molar-refractivity contribution < 1.29 is 14.3 Å². The molecular formula is C26H30N2O3. The molecule has 3 aliphatic rings. The molecule has 2 fully saturated rings. The molecule has 5 nitrogen and oxygen atoms in total. The lowest BCUT2D eigenvalue weighted by molar-refractivity contribution is -0.134. The van der Waals surface area contributed by atoms with Gasteiger partial charge in [-0.05, 0) is 67.9 Å². The maximum Gasteiger partial charge on any atom is 0.260 e. The van der Waals surface area contributed by atoms with Crippen LogP contribution in [0.25, 0.3) is 0 Å². The SMILES string of the molecule is Cc1ccc([C@H]2c3cc(OCC(=O)N4CCCC4)ccc3CCN2C(=O)C2CC2)cc1. The summed E-state index contributed by atoms with van der Waals surface area (Å²) in [4.78, 5) is 29.4. The number of rotatable bonds is 5. The lowest BCUT2D eigenvalue weighted by atomic mass is 9.87. The number of benzene rings is 2. The van der Waals surface area contributed by atoms with E-state index < -0.39 is 0 Å². The Balaban J connectivity index is 1.43. The predicted molar refractivity (Wildman–Crippen MR) is 119 cm³/mol. The molecule has 1 saturated heterocycles. The molecule has 2 heterocycles. The lowest BCUT2D eigenvalue weighted by Crippen LogP contribution is -2.41. The zero-order valence-electron chi connectivity index (χ0n) is 18.2. The Kier molecular flexibility index (Phi) is 5.43. The quantitative estimate of drug-likeness (QED) is 0.740. The zero-order valence-corrected chi connectivity index (χ0v) is 18.2. The van der Waals surface area contributed by atoms with Gasteiger partial charge in [-0.15, -0.1) is 0 Å². The molecule has 0 N–H and O–H groups in total. The van der Waals surface area contributed by atoms with Crippen molar-refractivity contribution >= 4 is 11.8 Å². The topological polar surface area (TPSA) is 49.9 Å². The fourth-order valence-corrected chi connectivity index (χ4v) is 4.80. The lowest BCUT2D eigenvalue weighted by Gasteiger charge is -2.38. The third-order valence-electron chi connectivity index (χ3n) is 6.77. The summed E-state index contributed by atoms with van der Waals surface area (Å²) in [5, 5.41) is 0. The number of hydrogen-bond acceptors (Lipinski definition) is 3. The van der Waals surface area contributed by atoms with Gasteiger partial charge in [0, 0.05) is 25.6 Å². The third kappa shape index (κ3) is 4.18. The number of hydrogen-bond donors (Lipinski definition) is 0. The first-order valence-corrected chi connectivity index (χ1v) is 11.5. The van der Waals surface area contributed by atoms with Gasteiger partial charge >= 0.3 is 0 Å². The molecule has 2 aliphatic heterocycles. The number of carbonyl (C=O) groups is 2. The van der Waals surface area contributed by atoms with Crippen molar-refractivity contribution in [1.82, 2.24) is 9.80 Å². The van der Waals surface area contributed by atoms with E-state index in [0.29, 0.717) is 5.75 Å². The van der Waals surface area contributed by atoms with Crippen LogP contribution in [0.4, 0.5) is 0 Å². The fourth-order valence-electron chi connectivity index (χ4n) is 4.80. The Morgan fingerprint density at radius 3 is 2.45 bits per heavy atom. The first kappa shape index (κ1) is 20.1. The average molecular weight is 419 g/mol. The highest BCUT2D eigenvalue weighted by Gasteiger charge is 2.39. The Morgan fingerprint density at radius 1 is 1.00 bits per heavy atom. The minimum Gasteiger partial charge on any atom is -0.484 e. The summed E-state index contributed by atoms with van der Waals surface area (Å²) in [6, 6.07) is 14.5. The fraction of sp³-hybridized carbons (Fsp3) is 0.462. The largest absolute Gasteiger partial charge is 0.484 e. The number of ether oxygens (including phenoxy) is 1. The Hall–Kier alpha value is -2.82. The van der Waals surface area contributed by atoms with Gasteiger partial charge in [0.05, 0.1) is 6.04 Å². The van der Waals surface area contributed by atoms with Crippen LogP contribution in [0.2, 0.25) is 0 Å². The normalized spacial score (nSPS) is 20.5. The van der Waals surface area contributed by atoms with E-state index in [1.54, 1.807) is 0 Å². The zero-order chi connectivity index (χ0) is 21.4. The molecule has 0 spiro atoms. The minimum absolute atomic E-state index is 0.0517. The molecule has 5 rings (SSSR count). The standard InChI is InChI=1S/C26H30N2O3/c1-18-4-6-20(7-5-18)25-23-16-22(31-17-24(29)27-13-2-3-14-27)11-10-19(23)12-15-28(25)26(30)21-8-9-21/h4-7,10-11,16,21,25H,2-3,8-9,12-15,17H2,1H3/t25-/m0/s1. The molecule has 0 bridgehead atoms. The molecule has 0 aromatic heterocycles. The minimum atomic E-state index is -0.102. The van der Waals surface area contributed by atoms with Crippen molar-refractivity contribution in [3.05, 3.63) is 64.7 Å². The number of amides is 2. The van der Waals surface area contributed by atoms with Gasteiger partial charge < -0.3 is 14.5 Å². The first-order chi connectivity index (χ1) is 15.1. The molecular weight excluding hydrogens is 388 g/mol. The summed E-state index contributed by atoms with van der Waals surface area (Å²) < 4.78 is 5.91. The highest BCUT2D eigenvalue weighted by atomic mass is 16.5. The average Bonchev–Trinajstić information content (AvgIpc) is 3.50. The number of nitrogens with zero attached hydrogens (tertiary/aromatic N) is 2. The van der Waals surface area contributed by atoms with Gasteiger partial charge in [0.2, 0.25) is 5.91 Å². The molecule has 5 heteroatoms. The van der Waals surface area contributed by atoms with Gasteiger partial charge in [-0.25, -0.2) is 0 Å². The molecule has 31 heavy (non-hydrogen) atoms. The molecule has 1 atom stereocenters. The van der Waals surface area contributed by atoms with Gasteiger partial charge in [0.25, 0.3) is 5.91 Å². The van der Waals surface area contributed by atoms with Crippen molar-refractivity contribution in [2.75, 3.05) is 26.2 Å². The van der Waals surface area contributed by atoms with E-state index in [4.69, 9.17) is 4.74 Å². The number of likely N-dealkylation sites (tertiary alicyclic amines) is 1. The summed E-state index contributed by atoms with van der Waals surface area (Å²) in [5.41, 5.74) is 4.71. The second-order valence-corrected chi connectivity index (χ2v) is 9.11. The van der Waals surface area contributed by atoms with Crippen LogP contribution < -0.4 is 4.74 Å². The van der Waals surface area contributed by atoms with Gasteiger partial charge in [-0.1, -0.05) is 35.9 Å². The van der Waals surface area contributed by atoms with Crippen molar-refractivity contribution in [2.24, 2.45) is 5.92 Å². The van der Waals surface area contributed by atoms with E-state index in [1.165, 1.54) is 11.1 Å². The van der Waals surface area contributed by atoms with E-state index >= 15 is 0 Å². The third-order valence-corrected chi connectivity index (χ3v) is 6.77. The van der Waals surface area contributed by atoms with Crippen LogP contribution in [0.5, 0.6) is 5.75 Å². The van der Waals surface area contributed by atoms with Gasteiger partial charge in [-0.2, -0.15) is 0 Å². The van der Waals surface area contributed by atoms with Crippen LogP contribution in [-0.4, -0.2) is 47.9 Å². The summed E-state index contributed by atoms with van der Waals surface area (Å²) in [5.74, 6) is 1.21. The number of aryl methyl sites for hydroxylation is 1. The second-order valence-electron chi connectivity index (χ2n) is 9.11. The van der Waals surface area contributed by atoms with Crippen LogP contribution in [0.15, 0.2) is 42.5 Å². The molecule has 0 unspecified atom stereocenters. The van der Waals surface area contributed by atoms with E-state index in [2.05, 4.69) is 42.2 Å².